The molecule has 0 fully saturated rings. The topological polar surface area (TPSA) is 124 Å². The van der Waals surface area contributed by atoms with Crippen LogP contribution in [0.3, 0.4) is 0 Å². The molecule has 1 heterocycles. The fraction of sp³-hybridized carbons (Fsp3) is 0. The molecule has 0 saturated heterocycles. The first-order valence-corrected chi connectivity index (χ1v) is 5.32. The van der Waals surface area contributed by atoms with Gasteiger partial charge in [-0.15, -0.1) is 0 Å². The van der Waals surface area contributed by atoms with Crippen LogP contribution in [0, 0.1) is 10.1 Å². The number of carbonyl (C=O) groups excluding carboxylic acids is 1. The SMILES string of the molecule is Nc1c(Cl)cc(C(=O)Nc2ccon2)cc1[N+](=O)[O-]. The molecule has 2 aromatic rings. The Morgan fingerprint density at radius 3 is 2.84 bits per heavy atom. The fourth-order valence-electron chi connectivity index (χ4n) is 1.35. The molecule has 0 bridgehead atoms. The molecule has 0 aliphatic rings. The number of anilines is 2. The van der Waals surface area contributed by atoms with Gasteiger partial charge in [0.1, 0.15) is 12.0 Å². The third-order valence-electron chi connectivity index (χ3n) is 2.25. The summed E-state index contributed by atoms with van der Waals surface area (Å²) in [6.45, 7) is 0. The van der Waals surface area contributed by atoms with Gasteiger partial charge in [-0.25, -0.2) is 0 Å². The summed E-state index contributed by atoms with van der Waals surface area (Å²) in [6.07, 6.45) is 1.27. The molecule has 98 valence electrons. The molecule has 2 rings (SSSR count). The van der Waals surface area contributed by atoms with Gasteiger partial charge in [-0.2, -0.15) is 0 Å². The van der Waals surface area contributed by atoms with E-state index in [4.69, 9.17) is 17.3 Å². The van der Waals surface area contributed by atoms with E-state index >= 15 is 0 Å². The van der Waals surface area contributed by atoms with Crippen molar-refractivity contribution < 1.29 is 14.2 Å². The molecule has 1 amide bonds. The fourth-order valence-corrected chi connectivity index (χ4v) is 1.57. The van der Waals surface area contributed by atoms with Gasteiger partial charge in [0.15, 0.2) is 5.82 Å². The highest BCUT2D eigenvalue weighted by molar-refractivity contribution is 6.34. The minimum Gasteiger partial charge on any atom is -0.392 e. The number of carbonyl (C=O) groups is 1. The number of amides is 1. The van der Waals surface area contributed by atoms with Crippen molar-refractivity contribution in [1.29, 1.82) is 0 Å². The van der Waals surface area contributed by atoms with Crippen molar-refractivity contribution >= 4 is 34.7 Å². The van der Waals surface area contributed by atoms with Gasteiger partial charge in [0.2, 0.25) is 0 Å². The highest BCUT2D eigenvalue weighted by Crippen LogP contribution is 2.31. The highest BCUT2D eigenvalue weighted by Gasteiger charge is 2.19. The van der Waals surface area contributed by atoms with Crippen molar-refractivity contribution in [1.82, 2.24) is 5.16 Å². The van der Waals surface area contributed by atoms with E-state index in [9.17, 15) is 14.9 Å². The summed E-state index contributed by atoms with van der Waals surface area (Å²) in [7, 11) is 0. The highest BCUT2D eigenvalue weighted by atomic mass is 35.5. The molecule has 0 aliphatic carbocycles. The maximum absolute atomic E-state index is 11.8. The number of aromatic nitrogens is 1. The molecule has 1 aromatic carbocycles. The van der Waals surface area contributed by atoms with E-state index in [0.29, 0.717) is 0 Å². The Morgan fingerprint density at radius 2 is 2.26 bits per heavy atom. The zero-order valence-electron chi connectivity index (χ0n) is 9.29. The number of rotatable bonds is 3. The van der Waals surface area contributed by atoms with Crippen LogP contribution >= 0.6 is 11.6 Å². The second kappa shape index (κ2) is 4.94. The van der Waals surface area contributed by atoms with Gasteiger partial charge in [-0.05, 0) is 6.07 Å². The van der Waals surface area contributed by atoms with E-state index < -0.39 is 16.5 Å². The van der Waals surface area contributed by atoms with Crippen LogP contribution in [0.1, 0.15) is 10.4 Å². The summed E-state index contributed by atoms with van der Waals surface area (Å²) >= 11 is 5.75. The van der Waals surface area contributed by atoms with Gasteiger partial charge in [0, 0.05) is 17.7 Å². The number of nitro groups is 1. The lowest BCUT2D eigenvalue weighted by Gasteiger charge is -2.05. The third-order valence-corrected chi connectivity index (χ3v) is 2.56. The van der Waals surface area contributed by atoms with E-state index in [1.54, 1.807) is 0 Å². The van der Waals surface area contributed by atoms with Gasteiger partial charge in [-0.1, -0.05) is 16.8 Å². The summed E-state index contributed by atoms with van der Waals surface area (Å²) in [5.41, 5.74) is 4.83. The largest absolute Gasteiger partial charge is 0.392 e. The number of nitro benzene ring substituents is 1. The molecule has 8 nitrogen and oxygen atoms in total. The molecule has 1 aromatic heterocycles. The zero-order valence-corrected chi connectivity index (χ0v) is 10.0. The number of hydrogen-bond donors (Lipinski definition) is 2. The Kier molecular flexibility index (Phi) is 3.34. The van der Waals surface area contributed by atoms with E-state index in [1.165, 1.54) is 18.4 Å². The van der Waals surface area contributed by atoms with Crippen LogP contribution in [0.15, 0.2) is 29.0 Å². The smallest absolute Gasteiger partial charge is 0.294 e. The number of hydrogen-bond acceptors (Lipinski definition) is 6. The number of nitrogens with one attached hydrogen (secondary N) is 1. The van der Waals surface area contributed by atoms with Gasteiger partial charge in [0.05, 0.1) is 9.95 Å². The summed E-state index contributed by atoms with van der Waals surface area (Å²) in [6, 6.07) is 3.70. The monoisotopic (exact) mass is 282 g/mol. The normalized spacial score (nSPS) is 10.2. The van der Waals surface area contributed by atoms with Crippen molar-refractivity contribution in [3.63, 3.8) is 0 Å². The molecular formula is C10H7ClN4O4. The molecule has 3 N–H and O–H groups in total. The molecule has 0 spiro atoms. The predicted molar refractivity (Wildman–Crippen MR) is 67.0 cm³/mol. The molecule has 19 heavy (non-hydrogen) atoms. The average molecular weight is 283 g/mol. The Morgan fingerprint density at radius 1 is 1.53 bits per heavy atom. The van der Waals surface area contributed by atoms with E-state index in [0.717, 1.165) is 6.07 Å². The van der Waals surface area contributed by atoms with Crippen LogP contribution < -0.4 is 11.1 Å². The van der Waals surface area contributed by atoms with Gasteiger partial charge < -0.3 is 15.6 Å². The number of nitrogens with zero attached hydrogens (tertiary/aromatic N) is 2. The molecule has 0 atom stereocenters. The van der Waals surface area contributed by atoms with Crippen molar-refractivity contribution in [3.05, 3.63) is 45.2 Å². The number of nitrogens with two attached hydrogens (primary N) is 1. The summed E-state index contributed by atoms with van der Waals surface area (Å²) in [5, 5.41) is 16.6. The minimum atomic E-state index is -0.714. The standard InChI is InChI=1S/C10H7ClN4O4/c11-6-3-5(4-7(9(6)12)15(17)18)10(16)13-8-1-2-19-14-8/h1-4H,12H2,(H,13,14,16). The van der Waals surface area contributed by atoms with Crippen molar-refractivity contribution in [2.24, 2.45) is 0 Å². The second-order valence-electron chi connectivity index (χ2n) is 3.49. The van der Waals surface area contributed by atoms with E-state index in [-0.39, 0.29) is 22.1 Å². The van der Waals surface area contributed by atoms with Crippen molar-refractivity contribution in [3.8, 4) is 0 Å². The van der Waals surface area contributed by atoms with Crippen molar-refractivity contribution in [2.45, 2.75) is 0 Å². The van der Waals surface area contributed by atoms with Crippen molar-refractivity contribution in [2.75, 3.05) is 11.1 Å². The van der Waals surface area contributed by atoms with Gasteiger partial charge in [0.25, 0.3) is 11.6 Å². The predicted octanol–water partition coefficient (Wildman–Crippen LogP) is 2.07. The Bertz CT molecular complexity index is 641. The maximum atomic E-state index is 11.8. The second-order valence-corrected chi connectivity index (χ2v) is 3.89. The summed E-state index contributed by atoms with van der Waals surface area (Å²) in [5.74, 6) is -0.431. The molecule has 0 aliphatic heterocycles. The van der Waals surface area contributed by atoms with Crippen LogP contribution in [-0.4, -0.2) is 16.0 Å². The first-order valence-electron chi connectivity index (χ1n) is 4.94. The summed E-state index contributed by atoms with van der Waals surface area (Å²) < 4.78 is 4.54. The molecule has 0 radical (unpaired) electrons. The number of nitrogen functional groups attached to an aromatic ring is 1. The Hall–Kier alpha value is -2.61. The first-order chi connectivity index (χ1) is 8.99. The molecule has 9 heteroatoms. The quantitative estimate of drug-likeness (QED) is 0.504. The Balaban J connectivity index is 2.35. The zero-order chi connectivity index (χ0) is 14.0. The Labute approximate surface area is 111 Å². The van der Waals surface area contributed by atoms with Crippen LogP contribution in [0.2, 0.25) is 5.02 Å². The van der Waals surface area contributed by atoms with E-state index in [1.807, 2.05) is 0 Å². The van der Waals surface area contributed by atoms with Crippen LogP contribution in [0.5, 0.6) is 0 Å². The lowest BCUT2D eigenvalue weighted by atomic mass is 10.1. The average Bonchev–Trinajstić information content (AvgIpc) is 2.84. The van der Waals surface area contributed by atoms with Crippen LogP contribution in [0.4, 0.5) is 17.2 Å². The number of halogens is 1. The lowest BCUT2D eigenvalue weighted by Crippen LogP contribution is -2.13. The maximum Gasteiger partial charge on any atom is 0.294 e. The van der Waals surface area contributed by atoms with Gasteiger partial charge in [-0.3, -0.25) is 14.9 Å². The lowest BCUT2D eigenvalue weighted by molar-refractivity contribution is -0.383. The number of benzene rings is 1. The molecule has 0 unspecified atom stereocenters. The molecule has 0 saturated carbocycles. The van der Waals surface area contributed by atoms with E-state index in [2.05, 4.69) is 15.0 Å². The van der Waals surface area contributed by atoms with Gasteiger partial charge >= 0.3 is 0 Å². The molecular weight excluding hydrogens is 276 g/mol. The summed E-state index contributed by atoms with van der Waals surface area (Å²) in [4.78, 5) is 21.9. The van der Waals surface area contributed by atoms with Crippen LogP contribution in [-0.2, 0) is 0 Å². The third kappa shape index (κ3) is 2.63. The first kappa shape index (κ1) is 12.8. The van der Waals surface area contributed by atoms with Crippen LogP contribution in [0.25, 0.3) is 0 Å². The minimum absolute atomic E-state index is 0.00565.